The van der Waals surface area contributed by atoms with E-state index >= 15 is 0 Å². The maximum absolute atomic E-state index is 12.0. The van der Waals surface area contributed by atoms with Gasteiger partial charge in [-0.05, 0) is 24.6 Å². The Bertz CT molecular complexity index is 644. The molecule has 0 fully saturated rings. The molecule has 0 bridgehead atoms. The lowest BCUT2D eigenvalue weighted by Gasteiger charge is -2.00. The fourth-order valence-corrected chi connectivity index (χ4v) is 2.56. The van der Waals surface area contributed by atoms with Crippen LogP contribution in [0.5, 0.6) is 0 Å². The number of aryl methyl sites for hydroxylation is 1. The lowest BCUT2D eigenvalue weighted by Crippen LogP contribution is -2.21. The van der Waals surface area contributed by atoms with Crippen molar-refractivity contribution in [2.45, 2.75) is 13.5 Å². The summed E-state index contributed by atoms with van der Waals surface area (Å²) in [6, 6.07) is 1.75. The maximum Gasteiger partial charge on any atom is 0.328 e. The molecule has 7 heteroatoms. The molecule has 0 saturated heterocycles. The Kier molecular flexibility index (Phi) is 4.31. The lowest BCUT2D eigenvalue weighted by molar-refractivity contribution is -0.131. The highest BCUT2D eigenvalue weighted by molar-refractivity contribution is 7.15. The molecule has 2 aromatic heterocycles. The first-order chi connectivity index (χ1) is 9.56. The molecule has 0 aliphatic carbocycles. The number of aromatic nitrogens is 2. The van der Waals surface area contributed by atoms with Crippen molar-refractivity contribution in [3.63, 3.8) is 0 Å². The van der Waals surface area contributed by atoms with E-state index in [2.05, 4.69) is 15.5 Å². The molecular formula is C13H13N3O3S. The molecule has 0 radical (unpaired) electrons. The molecule has 0 aromatic carbocycles. The quantitative estimate of drug-likeness (QED) is 0.732. The second-order valence-corrected chi connectivity index (χ2v) is 5.20. The molecule has 20 heavy (non-hydrogen) atoms. The normalized spacial score (nSPS) is 10.8. The number of nitrogens with zero attached hydrogens (tertiary/aromatic N) is 1. The van der Waals surface area contributed by atoms with Crippen LogP contribution in [0.25, 0.3) is 6.08 Å². The molecule has 2 rings (SSSR count). The summed E-state index contributed by atoms with van der Waals surface area (Å²) in [4.78, 5) is 23.8. The van der Waals surface area contributed by atoms with Crippen LogP contribution < -0.4 is 5.32 Å². The SMILES string of the molecule is Cc1cc(C(=O)NCc2cn[nH]c2)sc1/C=C/C(=O)O. The zero-order valence-corrected chi connectivity index (χ0v) is 11.5. The third-order valence-electron chi connectivity index (χ3n) is 2.57. The number of carbonyl (C=O) groups is 2. The molecule has 0 spiro atoms. The summed E-state index contributed by atoms with van der Waals surface area (Å²) in [6.07, 6.45) is 5.91. The molecule has 0 atom stereocenters. The predicted molar refractivity (Wildman–Crippen MR) is 75.5 cm³/mol. The molecule has 2 heterocycles. The van der Waals surface area contributed by atoms with Gasteiger partial charge in [0, 0.05) is 29.3 Å². The summed E-state index contributed by atoms with van der Waals surface area (Å²) in [5.74, 6) is -1.20. The van der Waals surface area contributed by atoms with Gasteiger partial charge in [0.1, 0.15) is 0 Å². The average molecular weight is 291 g/mol. The molecule has 104 valence electrons. The number of hydrogen-bond acceptors (Lipinski definition) is 4. The molecule has 0 aliphatic rings. The summed E-state index contributed by atoms with van der Waals surface area (Å²) >= 11 is 1.26. The van der Waals surface area contributed by atoms with Crippen LogP contribution in [0.1, 0.15) is 25.7 Å². The molecule has 1 amide bonds. The van der Waals surface area contributed by atoms with Crippen molar-refractivity contribution in [3.05, 3.63) is 45.4 Å². The van der Waals surface area contributed by atoms with Gasteiger partial charge in [-0.1, -0.05) is 0 Å². The summed E-state index contributed by atoms with van der Waals surface area (Å²) < 4.78 is 0. The van der Waals surface area contributed by atoms with Crippen molar-refractivity contribution in [2.24, 2.45) is 0 Å². The molecule has 3 N–H and O–H groups in total. The number of carboxylic acid groups (broad SMARTS) is 1. The van der Waals surface area contributed by atoms with Gasteiger partial charge in [0.25, 0.3) is 5.91 Å². The Morgan fingerprint density at radius 1 is 1.55 bits per heavy atom. The number of thiophene rings is 1. The van der Waals surface area contributed by atoms with Gasteiger partial charge < -0.3 is 10.4 Å². The maximum atomic E-state index is 12.0. The highest BCUT2D eigenvalue weighted by atomic mass is 32.1. The van der Waals surface area contributed by atoms with Crippen molar-refractivity contribution in [2.75, 3.05) is 0 Å². The minimum atomic E-state index is -1.01. The van der Waals surface area contributed by atoms with Gasteiger partial charge in [-0.15, -0.1) is 11.3 Å². The van der Waals surface area contributed by atoms with Crippen molar-refractivity contribution in [3.8, 4) is 0 Å². The smallest absolute Gasteiger partial charge is 0.328 e. The molecule has 0 saturated carbocycles. The Hall–Kier alpha value is -2.41. The number of aliphatic carboxylic acids is 1. The fourth-order valence-electron chi connectivity index (χ4n) is 1.56. The Balaban J connectivity index is 2.03. The van der Waals surface area contributed by atoms with E-state index < -0.39 is 5.97 Å². The highest BCUT2D eigenvalue weighted by Gasteiger charge is 2.11. The van der Waals surface area contributed by atoms with E-state index in [-0.39, 0.29) is 5.91 Å². The Morgan fingerprint density at radius 2 is 2.35 bits per heavy atom. The monoisotopic (exact) mass is 291 g/mol. The van der Waals surface area contributed by atoms with Gasteiger partial charge >= 0.3 is 5.97 Å². The molecular weight excluding hydrogens is 278 g/mol. The largest absolute Gasteiger partial charge is 0.478 e. The highest BCUT2D eigenvalue weighted by Crippen LogP contribution is 2.23. The Morgan fingerprint density at radius 3 is 3.00 bits per heavy atom. The van der Waals surface area contributed by atoms with Crippen molar-refractivity contribution >= 4 is 29.3 Å². The van der Waals surface area contributed by atoms with Gasteiger partial charge in [0.2, 0.25) is 0 Å². The van der Waals surface area contributed by atoms with Crippen LogP contribution in [0.3, 0.4) is 0 Å². The van der Waals surface area contributed by atoms with Crippen LogP contribution in [-0.4, -0.2) is 27.2 Å². The standard InChI is InChI=1S/C13H13N3O3S/c1-8-4-11(20-10(8)2-3-12(17)18)13(19)14-5-9-6-15-16-7-9/h2-4,6-7H,5H2,1H3,(H,14,19)(H,15,16)(H,17,18)/b3-2+. The molecule has 6 nitrogen and oxygen atoms in total. The van der Waals surface area contributed by atoms with E-state index in [0.29, 0.717) is 11.4 Å². The number of H-pyrrole nitrogens is 1. The lowest BCUT2D eigenvalue weighted by atomic mass is 10.2. The van der Waals surface area contributed by atoms with Gasteiger partial charge in [0.05, 0.1) is 11.1 Å². The number of amides is 1. The first-order valence-electron chi connectivity index (χ1n) is 5.83. The van der Waals surface area contributed by atoms with E-state index in [1.54, 1.807) is 18.5 Å². The summed E-state index contributed by atoms with van der Waals surface area (Å²) in [6.45, 7) is 2.23. The first kappa shape index (κ1) is 14.0. The van der Waals surface area contributed by atoms with Gasteiger partial charge in [-0.3, -0.25) is 9.89 Å². The van der Waals surface area contributed by atoms with E-state index in [9.17, 15) is 9.59 Å². The van der Waals surface area contributed by atoms with E-state index in [0.717, 1.165) is 22.1 Å². The van der Waals surface area contributed by atoms with E-state index in [1.165, 1.54) is 17.4 Å². The zero-order valence-electron chi connectivity index (χ0n) is 10.7. The summed E-state index contributed by atoms with van der Waals surface area (Å²) in [5.41, 5.74) is 1.76. The van der Waals surface area contributed by atoms with E-state index in [4.69, 9.17) is 5.11 Å². The van der Waals surface area contributed by atoms with Crippen molar-refractivity contribution < 1.29 is 14.7 Å². The predicted octanol–water partition coefficient (Wildman–Crippen LogP) is 1.81. The van der Waals surface area contributed by atoms with Gasteiger partial charge in [0.15, 0.2) is 0 Å². The minimum Gasteiger partial charge on any atom is -0.478 e. The van der Waals surface area contributed by atoms with Crippen LogP contribution in [-0.2, 0) is 11.3 Å². The molecule has 0 unspecified atom stereocenters. The number of carboxylic acids is 1. The third-order valence-corrected chi connectivity index (χ3v) is 3.77. The van der Waals surface area contributed by atoms with Crippen LogP contribution in [0, 0.1) is 6.92 Å². The van der Waals surface area contributed by atoms with Gasteiger partial charge in [-0.25, -0.2) is 4.79 Å². The number of hydrogen-bond donors (Lipinski definition) is 3. The summed E-state index contributed by atoms with van der Waals surface area (Å²) in [7, 11) is 0. The van der Waals surface area contributed by atoms with Crippen LogP contribution in [0.2, 0.25) is 0 Å². The van der Waals surface area contributed by atoms with Crippen LogP contribution >= 0.6 is 11.3 Å². The topological polar surface area (TPSA) is 95.1 Å². The first-order valence-corrected chi connectivity index (χ1v) is 6.65. The number of rotatable bonds is 5. The van der Waals surface area contributed by atoms with Crippen molar-refractivity contribution in [1.29, 1.82) is 0 Å². The van der Waals surface area contributed by atoms with Gasteiger partial charge in [-0.2, -0.15) is 5.10 Å². The number of aromatic amines is 1. The zero-order chi connectivity index (χ0) is 14.5. The Labute approximate surface area is 119 Å². The number of carbonyl (C=O) groups excluding carboxylic acids is 1. The van der Waals surface area contributed by atoms with Crippen molar-refractivity contribution in [1.82, 2.24) is 15.5 Å². The second-order valence-electron chi connectivity index (χ2n) is 4.12. The number of nitrogens with one attached hydrogen (secondary N) is 2. The van der Waals surface area contributed by atoms with Crippen LogP contribution in [0.4, 0.5) is 0 Å². The molecule has 0 aliphatic heterocycles. The second kappa shape index (κ2) is 6.16. The third kappa shape index (κ3) is 3.55. The molecule has 2 aromatic rings. The average Bonchev–Trinajstić information content (AvgIpc) is 3.03. The summed E-state index contributed by atoms with van der Waals surface area (Å²) in [5, 5.41) is 17.8. The van der Waals surface area contributed by atoms with E-state index in [1.807, 2.05) is 6.92 Å². The van der Waals surface area contributed by atoms with Crippen LogP contribution in [0.15, 0.2) is 24.5 Å². The fraction of sp³-hybridized carbons (Fsp3) is 0.154. The minimum absolute atomic E-state index is 0.186.